The number of hydrogen-bond donors (Lipinski definition) is 2. The SMILES string of the molecule is C[C@@H](Oc1ccc2[nH]nc(-c3ccc(N4CC5(C4)CC(F)(F)C5)nc3)c2c1)c1c(F)cnc2[nH]ccc12. The molecule has 1 aliphatic heterocycles. The fourth-order valence-corrected chi connectivity index (χ4v) is 5.87. The predicted octanol–water partition coefficient (Wildman–Crippen LogP) is 6.02. The fraction of sp³-hybridized carbons (Fsp3) is 0.296. The van der Waals surface area contributed by atoms with Crippen molar-refractivity contribution in [1.82, 2.24) is 25.1 Å². The Morgan fingerprint density at radius 3 is 2.62 bits per heavy atom. The first-order chi connectivity index (χ1) is 17.8. The van der Waals surface area contributed by atoms with E-state index in [0.29, 0.717) is 41.1 Å². The van der Waals surface area contributed by atoms with Gasteiger partial charge in [0, 0.05) is 65.6 Å². The number of ether oxygens (including phenoxy) is 1. The van der Waals surface area contributed by atoms with Gasteiger partial charge in [-0.2, -0.15) is 5.10 Å². The summed E-state index contributed by atoms with van der Waals surface area (Å²) in [6, 6.07) is 11.2. The van der Waals surface area contributed by atoms with E-state index in [2.05, 4.69) is 25.1 Å². The zero-order valence-corrected chi connectivity index (χ0v) is 19.9. The van der Waals surface area contributed by atoms with Gasteiger partial charge < -0.3 is 14.6 Å². The van der Waals surface area contributed by atoms with E-state index < -0.39 is 17.8 Å². The van der Waals surface area contributed by atoms with Gasteiger partial charge in [-0.05, 0) is 43.3 Å². The van der Waals surface area contributed by atoms with Gasteiger partial charge in [0.1, 0.15) is 34.8 Å². The summed E-state index contributed by atoms with van der Waals surface area (Å²) in [5.41, 5.74) is 3.17. The zero-order valence-electron chi connectivity index (χ0n) is 19.9. The number of benzene rings is 1. The van der Waals surface area contributed by atoms with E-state index in [4.69, 9.17) is 4.74 Å². The molecule has 2 fully saturated rings. The van der Waals surface area contributed by atoms with Crippen LogP contribution in [-0.2, 0) is 0 Å². The smallest absolute Gasteiger partial charge is 0.249 e. The first kappa shape index (κ1) is 22.1. The van der Waals surface area contributed by atoms with Crippen molar-refractivity contribution in [3.05, 3.63) is 66.4 Å². The van der Waals surface area contributed by atoms with Crippen molar-refractivity contribution >= 4 is 27.8 Å². The number of pyridine rings is 2. The standard InChI is InChI=1S/C27H23F3N6O/c1-15(23-18-6-7-31-25(18)33-10-20(23)28)37-17-3-4-21-19(8-17)24(35-34-21)16-2-5-22(32-9-16)36-13-26(14-36)11-27(29,30)12-26/h2-10,15H,11-14H2,1H3,(H,31,33)(H,34,35)/t15-/m1/s1. The number of fused-ring (bicyclic) bond motifs is 2. The summed E-state index contributed by atoms with van der Waals surface area (Å²) in [7, 11) is 0. The van der Waals surface area contributed by atoms with E-state index in [1.165, 1.54) is 6.20 Å². The third kappa shape index (κ3) is 3.61. The number of nitrogens with zero attached hydrogens (tertiary/aromatic N) is 4. The highest BCUT2D eigenvalue weighted by Crippen LogP contribution is 2.57. The van der Waals surface area contributed by atoms with Gasteiger partial charge in [0.15, 0.2) is 0 Å². The number of alkyl halides is 2. The van der Waals surface area contributed by atoms with Crippen molar-refractivity contribution in [3.63, 3.8) is 0 Å². The second-order valence-electron chi connectivity index (χ2n) is 10.3. The Balaban J connectivity index is 1.12. The minimum atomic E-state index is -2.51. The molecule has 4 aromatic heterocycles. The highest BCUT2D eigenvalue weighted by molar-refractivity contribution is 5.93. The first-order valence-corrected chi connectivity index (χ1v) is 12.1. The number of hydrogen-bond acceptors (Lipinski definition) is 5. The van der Waals surface area contributed by atoms with Crippen molar-refractivity contribution < 1.29 is 17.9 Å². The van der Waals surface area contributed by atoms with Crippen LogP contribution < -0.4 is 9.64 Å². The monoisotopic (exact) mass is 504 g/mol. The van der Waals surface area contributed by atoms with Crippen LogP contribution in [-0.4, -0.2) is 44.2 Å². The summed E-state index contributed by atoms with van der Waals surface area (Å²) in [4.78, 5) is 13.7. The number of halogens is 3. The molecule has 2 aliphatic rings. The summed E-state index contributed by atoms with van der Waals surface area (Å²) >= 11 is 0. The Labute approximate surface area is 209 Å². The van der Waals surface area contributed by atoms with Gasteiger partial charge >= 0.3 is 0 Å². The molecular weight excluding hydrogens is 481 g/mol. The minimum Gasteiger partial charge on any atom is -0.486 e. The summed E-state index contributed by atoms with van der Waals surface area (Å²) in [6.45, 7) is 3.04. The maximum Gasteiger partial charge on any atom is 0.249 e. The molecule has 7 rings (SSSR count). The maximum atomic E-state index is 14.6. The Kier molecular flexibility index (Phi) is 4.61. The Hall–Kier alpha value is -4.08. The van der Waals surface area contributed by atoms with E-state index in [9.17, 15) is 13.2 Å². The van der Waals surface area contributed by atoms with Gasteiger partial charge in [-0.1, -0.05) is 0 Å². The molecule has 1 saturated carbocycles. The molecule has 0 bridgehead atoms. The number of aromatic amines is 2. The van der Waals surface area contributed by atoms with Crippen LogP contribution >= 0.6 is 0 Å². The Morgan fingerprint density at radius 2 is 1.86 bits per heavy atom. The number of nitrogens with one attached hydrogen (secondary N) is 2. The fourth-order valence-electron chi connectivity index (χ4n) is 5.87. The maximum absolute atomic E-state index is 14.6. The molecule has 0 unspecified atom stereocenters. The lowest BCUT2D eigenvalue weighted by molar-refractivity contribution is -0.170. The van der Waals surface area contributed by atoms with E-state index in [1.807, 2.05) is 35.2 Å². The third-order valence-corrected chi connectivity index (χ3v) is 7.50. The molecule has 2 N–H and O–H groups in total. The van der Waals surface area contributed by atoms with Gasteiger partial charge in [0.25, 0.3) is 0 Å². The summed E-state index contributed by atoms with van der Waals surface area (Å²) in [5, 5.41) is 9.04. The van der Waals surface area contributed by atoms with E-state index in [-0.39, 0.29) is 18.3 Å². The second-order valence-corrected chi connectivity index (χ2v) is 10.3. The molecule has 5 heterocycles. The van der Waals surface area contributed by atoms with Crippen molar-refractivity contribution in [2.75, 3.05) is 18.0 Å². The molecule has 1 atom stereocenters. The molecule has 5 aromatic rings. The first-order valence-electron chi connectivity index (χ1n) is 12.1. The normalized spacial score (nSPS) is 18.6. The highest BCUT2D eigenvalue weighted by Gasteiger charge is 2.61. The molecule has 1 spiro atoms. The number of aromatic nitrogens is 5. The van der Waals surface area contributed by atoms with Crippen LogP contribution in [0.1, 0.15) is 31.4 Å². The molecule has 0 amide bonds. The summed E-state index contributed by atoms with van der Waals surface area (Å²) in [6.07, 6.45) is 4.06. The van der Waals surface area contributed by atoms with Crippen LogP contribution in [0.15, 0.2) is 55.0 Å². The average Bonchev–Trinajstić information content (AvgIpc) is 3.47. The summed E-state index contributed by atoms with van der Waals surface area (Å²) < 4.78 is 47.4. The van der Waals surface area contributed by atoms with Gasteiger partial charge in [-0.3, -0.25) is 5.10 Å². The van der Waals surface area contributed by atoms with Crippen LogP contribution in [0.4, 0.5) is 19.0 Å². The average molecular weight is 505 g/mol. The van der Waals surface area contributed by atoms with E-state index in [0.717, 1.165) is 22.3 Å². The number of rotatable bonds is 5. The molecule has 10 heteroatoms. The lowest BCUT2D eigenvalue weighted by Crippen LogP contribution is -2.66. The van der Waals surface area contributed by atoms with Crippen molar-refractivity contribution in [1.29, 1.82) is 0 Å². The van der Waals surface area contributed by atoms with Crippen LogP contribution in [0, 0.1) is 11.2 Å². The molecule has 0 radical (unpaired) electrons. The molecular formula is C27H23F3N6O. The number of H-pyrrole nitrogens is 2. The molecule has 37 heavy (non-hydrogen) atoms. The Bertz CT molecular complexity index is 1630. The van der Waals surface area contributed by atoms with E-state index >= 15 is 0 Å². The lowest BCUT2D eigenvalue weighted by Gasteiger charge is -2.59. The molecule has 7 nitrogen and oxygen atoms in total. The Morgan fingerprint density at radius 1 is 1.03 bits per heavy atom. The largest absolute Gasteiger partial charge is 0.486 e. The topological polar surface area (TPSA) is 82.7 Å². The van der Waals surface area contributed by atoms with Gasteiger partial charge in [-0.15, -0.1) is 0 Å². The van der Waals surface area contributed by atoms with Crippen molar-refractivity contribution in [3.8, 4) is 17.0 Å². The van der Waals surface area contributed by atoms with E-state index in [1.54, 1.807) is 25.4 Å². The molecule has 1 saturated heterocycles. The second kappa shape index (κ2) is 7.71. The third-order valence-electron chi connectivity index (χ3n) is 7.50. The van der Waals surface area contributed by atoms with Gasteiger partial charge in [0.2, 0.25) is 5.92 Å². The minimum absolute atomic E-state index is 0.0271. The lowest BCUT2D eigenvalue weighted by atomic mass is 9.61. The molecule has 1 aromatic carbocycles. The number of anilines is 1. The van der Waals surface area contributed by atoms with Crippen molar-refractivity contribution in [2.45, 2.75) is 31.8 Å². The van der Waals surface area contributed by atoms with Crippen LogP contribution in [0.2, 0.25) is 0 Å². The molecule has 1 aliphatic carbocycles. The highest BCUT2D eigenvalue weighted by atomic mass is 19.3. The van der Waals surface area contributed by atoms with Crippen molar-refractivity contribution in [2.24, 2.45) is 5.41 Å². The zero-order chi connectivity index (χ0) is 25.4. The molecule has 188 valence electrons. The van der Waals surface area contributed by atoms with Crippen LogP contribution in [0.25, 0.3) is 33.2 Å². The van der Waals surface area contributed by atoms with Gasteiger partial charge in [-0.25, -0.2) is 23.1 Å². The van der Waals surface area contributed by atoms with Crippen LogP contribution in [0.5, 0.6) is 5.75 Å². The van der Waals surface area contributed by atoms with Crippen LogP contribution in [0.3, 0.4) is 0 Å². The quantitative estimate of drug-likeness (QED) is 0.306. The predicted molar refractivity (Wildman–Crippen MR) is 133 cm³/mol. The summed E-state index contributed by atoms with van der Waals surface area (Å²) in [5.74, 6) is -1.58. The van der Waals surface area contributed by atoms with Gasteiger partial charge in [0.05, 0.1) is 11.7 Å².